The van der Waals surface area contributed by atoms with Crippen molar-refractivity contribution in [1.29, 1.82) is 0 Å². The standard InChI is InChI=1S/C20H30O6/c1-4-16(23)25-14-7-6-13-12-5-8-17(24)26-18(12)19(2,10-9-15(21)22)11-20(13,14)3/h12-14,18H,4-11H2,1-3H3,(H,21,22)/t12-,13-,14-,18+,19-,20+/m1/s1. The third-order valence-corrected chi connectivity index (χ3v) is 7.11. The molecule has 0 aromatic carbocycles. The minimum absolute atomic E-state index is 0.0530. The Morgan fingerprint density at radius 3 is 2.65 bits per heavy atom. The maximum absolute atomic E-state index is 12.0. The minimum atomic E-state index is -0.836. The van der Waals surface area contributed by atoms with Crippen LogP contribution in [-0.2, 0) is 23.9 Å². The lowest BCUT2D eigenvalue weighted by Gasteiger charge is -2.57. The molecule has 26 heavy (non-hydrogen) atoms. The lowest BCUT2D eigenvalue weighted by atomic mass is 9.51. The summed E-state index contributed by atoms with van der Waals surface area (Å²) in [4.78, 5) is 35.1. The van der Waals surface area contributed by atoms with Gasteiger partial charge < -0.3 is 14.6 Å². The summed E-state index contributed by atoms with van der Waals surface area (Å²) in [6, 6.07) is 0. The van der Waals surface area contributed by atoms with Gasteiger partial charge in [0.05, 0.1) is 0 Å². The highest BCUT2D eigenvalue weighted by atomic mass is 16.6. The molecule has 6 atom stereocenters. The van der Waals surface area contributed by atoms with Gasteiger partial charge in [0.25, 0.3) is 0 Å². The van der Waals surface area contributed by atoms with E-state index in [-0.39, 0.29) is 41.9 Å². The molecule has 1 heterocycles. The van der Waals surface area contributed by atoms with E-state index >= 15 is 0 Å². The topological polar surface area (TPSA) is 89.9 Å². The average molecular weight is 366 g/mol. The molecule has 0 unspecified atom stereocenters. The number of ether oxygens (including phenoxy) is 2. The Morgan fingerprint density at radius 2 is 2.00 bits per heavy atom. The molecular formula is C20H30O6. The molecule has 0 spiro atoms. The molecule has 1 saturated heterocycles. The number of hydrogen-bond donors (Lipinski definition) is 1. The highest BCUT2D eigenvalue weighted by Gasteiger charge is 2.63. The number of rotatable bonds is 5. The van der Waals surface area contributed by atoms with Crippen LogP contribution in [0.25, 0.3) is 0 Å². The van der Waals surface area contributed by atoms with E-state index in [4.69, 9.17) is 9.47 Å². The number of fused-ring (bicyclic) bond motifs is 3. The van der Waals surface area contributed by atoms with Gasteiger partial charge in [-0.25, -0.2) is 0 Å². The lowest BCUT2D eigenvalue weighted by Crippen LogP contribution is -2.58. The van der Waals surface area contributed by atoms with E-state index in [1.165, 1.54) is 0 Å². The van der Waals surface area contributed by atoms with Crippen LogP contribution >= 0.6 is 0 Å². The Hall–Kier alpha value is -1.59. The fourth-order valence-electron chi connectivity index (χ4n) is 6.00. The van der Waals surface area contributed by atoms with Gasteiger partial charge in [0, 0.05) is 36.0 Å². The number of hydrogen-bond acceptors (Lipinski definition) is 5. The van der Waals surface area contributed by atoms with E-state index in [2.05, 4.69) is 6.92 Å². The van der Waals surface area contributed by atoms with Gasteiger partial charge in [0.1, 0.15) is 12.2 Å². The van der Waals surface area contributed by atoms with Crippen LogP contribution in [0.5, 0.6) is 0 Å². The normalized spacial score (nSPS) is 41.7. The third-order valence-electron chi connectivity index (χ3n) is 7.11. The molecule has 6 heteroatoms. The fraction of sp³-hybridized carbons (Fsp3) is 0.850. The molecule has 1 aliphatic heterocycles. The Balaban J connectivity index is 1.91. The van der Waals surface area contributed by atoms with E-state index in [0.29, 0.717) is 31.6 Å². The van der Waals surface area contributed by atoms with Crippen LogP contribution in [0.3, 0.4) is 0 Å². The third kappa shape index (κ3) is 3.23. The SMILES string of the molecule is CCC(=O)O[C@@H]1CC[C@@H]2[C@H]3CCC(=O)O[C@@H]3[C@](C)(CCC(=O)O)C[C@@]21C. The Kier molecular flexibility index (Phi) is 5.06. The highest BCUT2D eigenvalue weighted by Crippen LogP contribution is 2.63. The zero-order valence-electron chi connectivity index (χ0n) is 16.0. The first-order valence-corrected chi connectivity index (χ1v) is 9.80. The van der Waals surface area contributed by atoms with Crippen LogP contribution in [0.2, 0.25) is 0 Å². The quantitative estimate of drug-likeness (QED) is 0.751. The second kappa shape index (κ2) is 6.86. The Morgan fingerprint density at radius 1 is 1.27 bits per heavy atom. The molecule has 0 radical (unpaired) electrons. The minimum Gasteiger partial charge on any atom is -0.481 e. The second-order valence-corrected chi connectivity index (χ2v) is 8.86. The van der Waals surface area contributed by atoms with E-state index in [0.717, 1.165) is 19.3 Å². The highest BCUT2D eigenvalue weighted by molar-refractivity contribution is 5.71. The molecular weight excluding hydrogens is 336 g/mol. The number of aliphatic carboxylic acids is 1. The maximum Gasteiger partial charge on any atom is 0.306 e. The predicted molar refractivity (Wildman–Crippen MR) is 93.2 cm³/mol. The number of carbonyl (C=O) groups is 3. The van der Waals surface area contributed by atoms with E-state index in [1.807, 2.05) is 6.92 Å². The Labute approximate surface area is 154 Å². The van der Waals surface area contributed by atoms with E-state index in [1.54, 1.807) is 6.92 Å². The number of esters is 2. The predicted octanol–water partition coefficient (Wildman–Crippen LogP) is 3.32. The molecule has 3 rings (SSSR count). The van der Waals surface area contributed by atoms with Crippen molar-refractivity contribution >= 4 is 17.9 Å². The van der Waals surface area contributed by atoms with Crippen molar-refractivity contribution in [3.8, 4) is 0 Å². The van der Waals surface area contributed by atoms with Gasteiger partial charge in [0.2, 0.25) is 0 Å². The van der Waals surface area contributed by atoms with Gasteiger partial charge >= 0.3 is 17.9 Å². The second-order valence-electron chi connectivity index (χ2n) is 8.86. The zero-order valence-corrected chi connectivity index (χ0v) is 16.0. The molecule has 0 bridgehead atoms. The van der Waals surface area contributed by atoms with Crippen molar-refractivity contribution in [2.75, 3.05) is 0 Å². The Bertz CT molecular complexity index is 601. The number of carboxylic acid groups (broad SMARTS) is 1. The maximum atomic E-state index is 12.0. The summed E-state index contributed by atoms with van der Waals surface area (Å²) in [7, 11) is 0. The number of carbonyl (C=O) groups excluding carboxylic acids is 2. The largest absolute Gasteiger partial charge is 0.481 e. The summed E-state index contributed by atoms with van der Waals surface area (Å²) >= 11 is 0. The van der Waals surface area contributed by atoms with Crippen LogP contribution < -0.4 is 0 Å². The fourth-order valence-corrected chi connectivity index (χ4v) is 6.00. The van der Waals surface area contributed by atoms with E-state index < -0.39 is 11.4 Å². The van der Waals surface area contributed by atoms with Gasteiger partial charge in [-0.1, -0.05) is 20.8 Å². The molecule has 0 aromatic heterocycles. The zero-order chi connectivity index (χ0) is 19.1. The van der Waals surface area contributed by atoms with Crippen molar-refractivity contribution in [2.45, 2.75) is 84.3 Å². The summed E-state index contributed by atoms with van der Waals surface area (Å²) in [5.74, 6) is -0.633. The van der Waals surface area contributed by atoms with Crippen molar-refractivity contribution in [2.24, 2.45) is 22.7 Å². The first kappa shape index (κ1) is 19.2. The molecule has 0 aromatic rings. The van der Waals surface area contributed by atoms with Crippen LogP contribution in [-0.4, -0.2) is 35.2 Å². The van der Waals surface area contributed by atoms with Crippen LogP contribution in [0.4, 0.5) is 0 Å². The summed E-state index contributed by atoms with van der Waals surface area (Å²) in [5, 5.41) is 9.18. The lowest BCUT2D eigenvalue weighted by molar-refractivity contribution is -0.203. The number of carboxylic acids is 1. The van der Waals surface area contributed by atoms with E-state index in [9.17, 15) is 19.5 Å². The van der Waals surface area contributed by atoms with Gasteiger partial charge in [-0.2, -0.15) is 0 Å². The summed E-state index contributed by atoms with van der Waals surface area (Å²) < 4.78 is 11.6. The van der Waals surface area contributed by atoms with Crippen LogP contribution in [0.1, 0.15) is 72.1 Å². The summed E-state index contributed by atoms with van der Waals surface area (Å²) in [6.45, 7) is 6.03. The molecule has 0 amide bonds. The molecule has 2 aliphatic carbocycles. The van der Waals surface area contributed by atoms with Gasteiger partial charge in [-0.3, -0.25) is 14.4 Å². The van der Waals surface area contributed by atoms with Crippen molar-refractivity contribution in [3.63, 3.8) is 0 Å². The monoisotopic (exact) mass is 366 g/mol. The molecule has 1 N–H and O–H groups in total. The van der Waals surface area contributed by atoms with Gasteiger partial charge in [-0.05, 0) is 38.0 Å². The van der Waals surface area contributed by atoms with Gasteiger partial charge in [0.15, 0.2) is 0 Å². The van der Waals surface area contributed by atoms with Crippen molar-refractivity contribution in [1.82, 2.24) is 0 Å². The molecule has 2 saturated carbocycles. The first-order chi connectivity index (χ1) is 12.2. The summed E-state index contributed by atoms with van der Waals surface area (Å²) in [5.41, 5.74) is -0.603. The first-order valence-electron chi connectivity index (χ1n) is 9.80. The smallest absolute Gasteiger partial charge is 0.306 e. The van der Waals surface area contributed by atoms with Crippen LogP contribution in [0.15, 0.2) is 0 Å². The molecule has 3 fully saturated rings. The van der Waals surface area contributed by atoms with Crippen molar-refractivity contribution < 1.29 is 29.0 Å². The summed E-state index contributed by atoms with van der Waals surface area (Å²) in [6.07, 6.45) is 4.22. The molecule has 3 aliphatic rings. The van der Waals surface area contributed by atoms with Crippen molar-refractivity contribution in [3.05, 3.63) is 0 Å². The van der Waals surface area contributed by atoms with Gasteiger partial charge in [-0.15, -0.1) is 0 Å². The van der Waals surface area contributed by atoms with Crippen LogP contribution in [0, 0.1) is 22.7 Å². The molecule has 6 nitrogen and oxygen atoms in total. The molecule has 146 valence electrons. The average Bonchev–Trinajstić information content (AvgIpc) is 2.89.